The van der Waals surface area contributed by atoms with E-state index in [9.17, 15) is 5.11 Å². The zero-order valence-electron chi connectivity index (χ0n) is 10.9. The molecule has 1 atom stereocenters. The second kappa shape index (κ2) is 5.05. The molecule has 2 aliphatic rings. The van der Waals surface area contributed by atoms with Crippen molar-refractivity contribution >= 4 is 0 Å². The first-order valence-corrected chi connectivity index (χ1v) is 7.05. The predicted octanol–water partition coefficient (Wildman–Crippen LogP) is 2.80. The van der Waals surface area contributed by atoms with Gasteiger partial charge in [-0.2, -0.15) is 0 Å². The maximum Gasteiger partial charge on any atom is 0.0648 e. The Kier molecular flexibility index (Phi) is 3.91. The van der Waals surface area contributed by atoms with E-state index in [-0.39, 0.29) is 5.60 Å². The highest BCUT2D eigenvalue weighted by Crippen LogP contribution is 2.37. The van der Waals surface area contributed by atoms with Gasteiger partial charge in [-0.25, -0.2) is 0 Å². The average molecular weight is 225 g/mol. The third-order valence-electron chi connectivity index (χ3n) is 4.58. The smallest absolute Gasteiger partial charge is 0.0648 e. The number of aliphatic hydroxyl groups is 1. The summed E-state index contributed by atoms with van der Waals surface area (Å²) in [4.78, 5) is 2.60. The highest BCUT2D eigenvalue weighted by Gasteiger charge is 2.35. The van der Waals surface area contributed by atoms with Crippen molar-refractivity contribution in [2.75, 3.05) is 13.1 Å². The third-order valence-corrected chi connectivity index (χ3v) is 4.58. The first-order valence-electron chi connectivity index (χ1n) is 7.05. The maximum absolute atomic E-state index is 10.1. The van der Waals surface area contributed by atoms with Crippen molar-refractivity contribution in [3.05, 3.63) is 0 Å². The lowest BCUT2D eigenvalue weighted by molar-refractivity contribution is -0.0469. The molecule has 0 radical (unpaired) electrons. The van der Waals surface area contributed by atoms with Gasteiger partial charge in [0.2, 0.25) is 0 Å². The van der Waals surface area contributed by atoms with E-state index in [1.54, 1.807) is 0 Å². The van der Waals surface area contributed by atoms with E-state index in [1.165, 1.54) is 38.8 Å². The van der Waals surface area contributed by atoms with E-state index in [1.807, 2.05) is 0 Å². The molecule has 0 aromatic heterocycles. The molecule has 0 aromatic rings. The lowest BCUT2D eigenvalue weighted by Crippen LogP contribution is -2.42. The number of hydrogen-bond donors (Lipinski definition) is 1. The summed E-state index contributed by atoms with van der Waals surface area (Å²) >= 11 is 0. The van der Waals surface area contributed by atoms with Gasteiger partial charge in [-0.1, -0.05) is 0 Å². The second-order valence-electron chi connectivity index (χ2n) is 6.21. The molecule has 1 saturated heterocycles. The molecular formula is C14H27NO. The first-order chi connectivity index (χ1) is 7.59. The van der Waals surface area contributed by atoms with E-state index in [0.717, 1.165) is 25.2 Å². The Morgan fingerprint density at radius 1 is 1.31 bits per heavy atom. The Morgan fingerprint density at radius 3 is 2.62 bits per heavy atom. The maximum atomic E-state index is 10.1. The molecule has 0 amide bonds. The predicted molar refractivity (Wildman–Crippen MR) is 67.5 cm³/mol. The molecule has 1 N–H and O–H groups in total. The van der Waals surface area contributed by atoms with Gasteiger partial charge < -0.3 is 10.0 Å². The summed E-state index contributed by atoms with van der Waals surface area (Å²) in [5.74, 6) is 0.834. The Hall–Kier alpha value is -0.0800. The van der Waals surface area contributed by atoms with E-state index in [0.29, 0.717) is 6.04 Å². The van der Waals surface area contributed by atoms with Crippen molar-refractivity contribution in [3.63, 3.8) is 0 Å². The summed E-state index contributed by atoms with van der Waals surface area (Å²) < 4.78 is 0. The second-order valence-corrected chi connectivity index (χ2v) is 6.21. The highest BCUT2D eigenvalue weighted by molar-refractivity contribution is 4.88. The van der Waals surface area contributed by atoms with Gasteiger partial charge in [0.15, 0.2) is 0 Å². The average Bonchev–Trinajstić information content (AvgIpc) is 2.24. The standard InChI is InChI=1S/C14H27NO/c1-12(2)15-10-3-5-13(11-15)6-9-14(16)7-4-8-14/h12-13,16H,3-11H2,1-2H3. The van der Waals surface area contributed by atoms with Crippen molar-refractivity contribution in [2.24, 2.45) is 5.92 Å². The van der Waals surface area contributed by atoms with Crippen molar-refractivity contribution in [1.82, 2.24) is 4.90 Å². The van der Waals surface area contributed by atoms with Gasteiger partial charge in [0.05, 0.1) is 5.60 Å². The molecule has 2 fully saturated rings. The Bertz CT molecular complexity index is 223. The fourth-order valence-electron chi connectivity index (χ4n) is 3.11. The molecule has 0 spiro atoms. The van der Waals surface area contributed by atoms with Crippen LogP contribution in [0, 0.1) is 5.92 Å². The lowest BCUT2D eigenvalue weighted by atomic mass is 9.75. The fourth-order valence-corrected chi connectivity index (χ4v) is 3.11. The number of rotatable bonds is 4. The topological polar surface area (TPSA) is 23.5 Å². The van der Waals surface area contributed by atoms with Gasteiger partial charge in [0.25, 0.3) is 0 Å². The van der Waals surface area contributed by atoms with Crippen molar-refractivity contribution < 1.29 is 5.11 Å². The van der Waals surface area contributed by atoms with Gasteiger partial charge in [-0.05, 0) is 71.3 Å². The van der Waals surface area contributed by atoms with Crippen LogP contribution in [0.15, 0.2) is 0 Å². The van der Waals surface area contributed by atoms with E-state index in [4.69, 9.17) is 0 Å². The summed E-state index contributed by atoms with van der Waals surface area (Å²) in [6.45, 7) is 7.12. The van der Waals surface area contributed by atoms with Crippen LogP contribution in [-0.4, -0.2) is 34.7 Å². The van der Waals surface area contributed by atoms with Crippen molar-refractivity contribution in [2.45, 2.75) is 70.4 Å². The minimum atomic E-state index is -0.264. The highest BCUT2D eigenvalue weighted by atomic mass is 16.3. The van der Waals surface area contributed by atoms with Crippen LogP contribution in [0.3, 0.4) is 0 Å². The molecule has 16 heavy (non-hydrogen) atoms. The van der Waals surface area contributed by atoms with Crippen LogP contribution in [0.1, 0.15) is 58.8 Å². The largest absolute Gasteiger partial charge is 0.390 e. The molecule has 1 saturated carbocycles. The van der Waals surface area contributed by atoms with Crippen molar-refractivity contribution in [1.29, 1.82) is 0 Å². The summed E-state index contributed by atoms with van der Waals surface area (Å²) in [6, 6.07) is 0.689. The quantitative estimate of drug-likeness (QED) is 0.795. The Labute approximate surface area is 100 Å². The SMILES string of the molecule is CC(C)N1CCCC(CCC2(O)CCC2)C1. The van der Waals surface area contributed by atoms with Crippen LogP contribution in [-0.2, 0) is 0 Å². The van der Waals surface area contributed by atoms with Gasteiger partial charge in [0, 0.05) is 12.6 Å². The Balaban J connectivity index is 1.72. The van der Waals surface area contributed by atoms with E-state index in [2.05, 4.69) is 18.7 Å². The molecule has 1 heterocycles. The summed E-state index contributed by atoms with van der Waals surface area (Å²) in [6.07, 6.45) is 8.34. The fraction of sp³-hybridized carbons (Fsp3) is 1.00. The number of likely N-dealkylation sites (tertiary alicyclic amines) is 1. The number of nitrogens with zero attached hydrogens (tertiary/aromatic N) is 1. The lowest BCUT2D eigenvalue weighted by Gasteiger charge is -2.40. The molecule has 2 heteroatoms. The van der Waals surface area contributed by atoms with Gasteiger partial charge >= 0.3 is 0 Å². The van der Waals surface area contributed by atoms with Crippen LogP contribution in [0.25, 0.3) is 0 Å². The van der Waals surface area contributed by atoms with Crippen molar-refractivity contribution in [3.8, 4) is 0 Å². The molecule has 94 valence electrons. The molecule has 0 aromatic carbocycles. The van der Waals surface area contributed by atoms with Crippen LogP contribution >= 0.6 is 0 Å². The van der Waals surface area contributed by atoms with E-state index < -0.39 is 0 Å². The van der Waals surface area contributed by atoms with Crippen LogP contribution in [0.2, 0.25) is 0 Å². The summed E-state index contributed by atoms with van der Waals surface area (Å²) in [7, 11) is 0. The van der Waals surface area contributed by atoms with Gasteiger partial charge in [-0.15, -0.1) is 0 Å². The minimum Gasteiger partial charge on any atom is -0.390 e. The molecule has 2 nitrogen and oxygen atoms in total. The van der Waals surface area contributed by atoms with Gasteiger partial charge in [0.1, 0.15) is 0 Å². The number of hydrogen-bond acceptors (Lipinski definition) is 2. The normalized spacial score (nSPS) is 30.4. The molecule has 1 unspecified atom stereocenters. The first kappa shape index (κ1) is 12.4. The third kappa shape index (κ3) is 2.98. The van der Waals surface area contributed by atoms with Crippen LogP contribution < -0.4 is 0 Å². The molecule has 1 aliphatic heterocycles. The molecule has 1 aliphatic carbocycles. The number of piperidine rings is 1. The molecule has 2 rings (SSSR count). The molecule has 0 bridgehead atoms. The minimum absolute atomic E-state index is 0.264. The zero-order valence-corrected chi connectivity index (χ0v) is 10.9. The van der Waals surface area contributed by atoms with E-state index >= 15 is 0 Å². The van der Waals surface area contributed by atoms with Gasteiger partial charge in [-0.3, -0.25) is 0 Å². The van der Waals surface area contributed by atoms with Crippen LogP contribution in [0.5, 0.6) is 0 Å². The summed E-state index contributed by atoms with van der Waals surface area (Å²) in [5.41, 5.74) is -0.264. The summed E-state index contributed by atoms with van der Waals surface area (Å²) in [5, 5.41) is 10.1. The zero-order chi connectivity index (χ0) is 11.6. The Morgan fingerprint density at radius 2 is 2.06 bits per heavy atom. The monoisotopic (exact) mass is 225 g/mol. The van der Waals surface area contributed by atoms with Crippen LogP contribution in [0.4, 0.5) is 0 Å². The molecular weight excluding hydrogens is 198 g/mol.